The molecule has 0 spiro atoms. The van der Waals surface area contributed by atoms with Crippen molar-refractivity contribution in [3.05, 3.63) is 42.1 Å². The zero-order valence-corrected chi connectivity index (χ0v) is 17.3. The van der Waals surface area contributed by atoms with Crippen LogP contribution in [-0.2, 0) is 4.79 Å². The van der Waals surface area contributed by atoms with Crippen LogP contribution < -0.4 is 20.1 Å². The van der Waals surface area contributed by atoms with Gasteiger partial charge in [-0.2, -0.15) is 17.6 Å². The van der Waals surface area contributed by atoms with Crippen LogP contribution in [-0.4, -0.2) is 36.8 Å². The van der Waals surface area contributed by atoms with Gasteiger partial charge in [-0.05, 0) is 49.6 Å². The lowest BCUT2D eigenvalue weighted by Crippen LogP contribution is -2.53. The number of methoxy groups -OCH3 is 1. The minimum atomic E-state index is -4.74. The van der Waals surface area contributed by atoms with Crippen LogP contribution in [0.25, 0.3) is 0 Å². The summed E-state index contributed by atoms with van der Waals surface area (Å²) in [5.41, 5.74) is -2.41. The van der Waals surface area contributed by atoms with Crippen LogP contribution in [0.1, 0.15) is 13.3 Å². The van der Waals surface area contributed by atoms with E-state index in [1.54, 1.807) is 0 Å². The topological polar surface area (TPSA) is 80.5 Å². The molecule has 0 bridgehead atoms. The van der Waals surface area contributed by atoms with E-state index in [0.717, 1.165) is 43.0 Å². The molecule has 1 amide bonds. The SMILES string of the molecule is COc1c(N2CCC(C)(C(F)(F)F)C2C(=O)Nc2ccnc(SN)c2)ccc(F)c1F. The van der Waals surface area contributed by atoms with Crippen molar-refractivity contribution in [3.63, 3.8) is 0 Å². The van der Waals surface area contributed by atoms with Gasteiger partial charge in [0.2, 0.25) is 11.7 Å². The largest absolute Gasteiger partial charge is 0.491 e. The van der Waals surface area contributed by atoms with E-state index in [0.29, 0.717) is 5.03 Å². The predicted molar refractivity (Wildman–Crippen MR) is 106 cm³/mol. The Morgan fingerprint density at radius 1 is 1.35 bits per heavy atom. The average molecular weight is 462 g/mol. The van der Waals surface area contributed by atoms with Gasteiger partial charge in [-0.3, -0.25) is 9.93 Å². The summed E-state index contributed by atoms with van der Waals surface area (Å²) in [6, 6.07) is 2.91. The Labute approximate surface area is 179 Å². The highest BCUT2D eigenvalue weighted by molar-refractivity contribution is 7.97. The lowest BCUT2D eigenvalue weighted by molar-refractivity contribution is -0.218. The van der Waals surface area contributed by atoms with Gasteiger partial charge in [0.25, 0.3) is 0 Å². The van der Waals surface area contributed by atoms with Gasteiger partial charge in [0.1, 0.15) is 11.1 Å². The summed E-state index contributed by atoms with van der Waals surface area (Å²) in [4.78, 5) is 18.1. The number of hydrogen-bond donors (Lipinski definition) is 2. The minimum Gasteiger partial charge on any atom is -0.491 e. The third-order valence-electron chi connectivity index (χ3n) is 5.35. The monoisotopic (exact) mass is 462 g/mol. The lowest BCUT2D eigenvalue weighted by Gasteiger charge is -2.36. The van der Waals surface area contributed by atoms with Crippen LogP contribution in [0.5, 0.6) is 5.75 Å². The number of halogens is 5. The third kappa shape index (κ3) is 4.13. The number of carbonyl (C=O) groups is 1. The summed E-state index contributed by atoms with van der Waals surface area (Å²) < 4.78 is 74.9. The van der Waals surface area contributed by atoms with E-state index in [4.69, 9.17) is 9.88 Å². The first-order valence-electron chi connectivity index (χ1n) is 9.02. The molecule has 2 aromatic rings. The van der Waals surface area contributed by atoms with Crippen LogP contribution in [0.3, 0.4) is 0 Å². The number of alkyl halides is 3. The van der Waals surface area contributed by atoms with Gasteiger partial charge in [-0.25, -0.2) is 9.37 Å². The van der Waals surface area contributed by atoms with Gasteiger partial charge >= 0.3 is 6.18 Å². The Kier molecular flexibility index (Phi) is 6.33. The summed E-state index contributed by atoms with van der Waals surface area (Å²) in [6.07, 6.45) is -3.83. The van der Waals surface area contributed by atoms with E-state index < -0.39 is 47.3 Å². The molecule has 168 valence electrons. The molecule has 1 aliphatic rings. The van der Waals surface area contributed by atoms with E-state index >= 15 is 0 Å². The van der Waals surface area contributed by atoms with Gasteiger partial charge in [-0.15, -0.1) is 0 Å². The predicted octanol–water partition coefficient (Wildman–Crippen LogP) is 4.12. The van der Waals surface area contributed by atoms with Crippen LogP contribution in [0, 0.1) is 17.0 Å². The molecule has 12 heteroatoms. The number of hydrogen-bond acceptors (Lipinski definition) is 6. The van der Waals surface area contributed by atoms with Crippen molar-refractivity contribution >= 4 is 29.2 Å². The molecule has 1 saturated heterocycles. The van der Waals surface area contributed by atoms with Crippen LogP contribution in [0.4, 0.5) is 33.3 Å². The molecule has 2 unspecified atom stereocenters. The van der Waals surface area contributed by atoms with Gasteiger partial charge < -0.3 is 15.0 Å². The summed E-state index contributed by atoms with van der Waals surface area (Å²) in [6.45, 7) is 0.701. The molecule has 1 aromatic heterocycles. The molecule has 0 radical (unpaired) electrons. The van der Waals surface area contributed by atoms with Gasteiger partial charge in [0.05, 0.1) is 18.2 Å². The maximum Gasteiger partial charge on any atom is 0.396 e. The first-order chi connectivity index (χ1) is 14.5. The van der Waals surface area contributed by atoms with Gasteiger partial charge in [0.15, 0.2) is 11.6 Å². The van der Waals surface area contributed by atoms with E-state index in [2.05, 4.69) is 10.3 Å². The lowest BCUT2D eigenvalue weighted by atomic mass is 9.81. The second-order valence-corrected chi connectivity index (χ2v) is 7.82. The van der Waals surface area contributed by atoms with E-state index in [-0.39, 0.29) is 17.9 Å². The highest BCUT2D eigenvalue weighted by atomic mass is 32.2. The molecule has 1 fully saturated rings. The quantitative estimate of drug-likeness (QED) is 0.514. The zero-order chi connectivity index (χ0) is 23.0. The number of ether oxygens (including phenoxy) is 1. The fourth-order valence-electron chi connectivity index (χ4n) is 3.65. The number of nitrogens with two attached hydrogens (primary N) is 1. The molecular weight excluding hydrogens is 443 g/mol. The fourth-order valence-corrected chi connectivity index (χ4v) is 3.97. The second-order valence-electron chi connectivity index (χ2n) is 7.16. The zero-order valence-electron chi connectivity index (χ0n) is 16.5. The van der Waals surface area contributed by atoms with Crippen molar-refractivity contribution in [1.29, 1.82) is 0 Å². The summed E-state index contributed by atoms with van der Waals surface area (Å²) >= 11 is 0.805. The maximum atomic E-state index is 14.2. The molecule has 2 atom stereocenters. The normalized spacial score (nSPS) is 21.3. The molecule has 1 aromatic carbocycles. The Balaban J connectivity index is 2.06. The number of aromatic nitrogens is 1. The highest BCUT2D eigenvalue weighted by Gasteiger charge is 2.63. The molecule has 31 heavy (non-hydrogen) atoms. The van der Waals surface area contributed by atoms with Crippen molar-refractivity contribution < 1.29 is 31.5 Å². The first kappa shape index (κ1) is 23.1. The first-order valence-corrected chi connectivity index (χ1v) is 9.90. The molecule has 3 rings (SSSR count). The Morgan fingerprint density at radius 3 is 2.68 bits per heavy atom. The number of nitrogens with zero attached hydrogens (tertiary/aromatic N) is 2. The summed E-state index contributed by atoms with van der Waals surface area (Å²) in [5, 5.41) is 8.23. The smallest absolute Gasteiger partial charge is 0.396 e. The van der Waals surface area contributed by atoms with Crippen molar-refractivity contribution in [2.75, 3.05) is 23.9 Å². The molecule has 6 nitrogen and oxygen atoms in total. The van der Waals surface area contributed by atoms with Crippen molar-refractivity contribution in [2.24, 2.45) is 10.6 Å². The van der Waals surface area contributed by atoms with Crippen molar-refractivity contribution in [3.8, 4) is 5.75 Å². The molecule has 1 aliphatic heterocycles. The Morgan fingerprint density at radius 2 is 2.06 bits per heavy atom. The second kappa shape index (κ2) is 8.50. The standard InChI is InChI=1S/C19H19F5N4O2S/c1-18(19(22,23)24)6-8-28(12-4-3-11(20)14(21)15(12)30-2)16(18)17(29)27-10-5-7-26-13(9-10)31-25/h3-5,7,9,16H,6,8,25H2,1-2H3,(H,26,27,29). The molecule has 0 aliphatic carbocycles. The van der Waals surface area contributed by atoms with E-state index in [1.165, 1.54) is 18.3 Å². The third-order valence-corrected chi connectivity index (χ3v) is 5.81. The number of pyridine rings is 1. The summed E-state index contributed by atoms with van der Waals surface area (Å²) in [7, 11) is 1.07. The van der Waals surface area contributed by atoms with Gasteiger partial charge in [0, 0.05) is 18.4 Å². The Hall–Kier alpha value is -2.60. The minimum absolute atomic E-state index is 0.151. The number of anilines is 2. The van der Waals surface area contributed by atoms with Crippen LogP contribution >= 0.6 is 11.9 Å². The number of rotatable bonds is 5. The number of carbonyl (C=O) groups excluding carboxylic acids is 1. The number of amides is 1. The fraction of sp³-hybridized carbons (Fsp3) is 0.368. The van der Waals surface area contributed by atoms with E-state index in [9.17, 15) is 26.7 Å². The van der Waals surface area contributed by atoms with Gasteiger partial charge in [-0.1, -0.05) is 0 Å². The van der Waals surface area contributed by atoms with Crippen molar-refractivity contribution in [2.45, 2.75) is 30.6 Å². The Bertz CT molecular complexity index is 990. The highest BCUT2D eigenvalue weighted by Crippen LogP contribution is 2.52. The van der Waals surface area contributed by atoms with Crippen LogP contribution in [0.2, 0.25) is 0 Å². The maximum absolute atomic E-state index is 14.2. The average Bonchev–Trinajstić information content (AvgIpc) is 3.08. The van der Waals surface area contributed by atoms with Crippen molar-refractivity contribution in [1.82, 2.24) is 4.98 Å². The molecule has 3 N–H and O–H groups in total. The molecule has 2 heterocycles. The molecular formula is C19H19F5N4O2S. The molecule has 0 saturated carbocycles. The summed E-state index contributed by atoms with van der Waals surface area (Å²) in [5.74, 6) is -4.11. The van der Waals surface area contributed by atoms with E-state index in [1.807, 2.05) is 0 Å². The number of benzene rings is 1. The number of nitrogens with one attached hydrogen (secondary N) is 1. The van der Waals surface area contributed by atoms with Crippen LogP contribution in [0.15, 0.2) is 35.5 Å².